The van der Waals surface area contributed by atoms with Crippen LogP contribution in [0.1, 0.15) is 25.7 Å². The molecule has 1 aromatic heterocycles. The second-order valence-electron chi connectivity index (χ2n) is 5.01. The van der Waals surface area contributed by atoms with Gasteiger partial charge in [0.25, 0.3) is 0 Å². The molecule has 1 aliphatic rings. The molecule has 1 aliphatic carbocycles. The molecule has 0 saturated heterocycles. The van der Waals surface area contributed by atoms with Crippen molar-refractivity contribution in [3.8, 4) is 0 Å². The molecule has 0 spiro atoms. The van der Waals surface area contributed by atoms with Crippen LogP contribution in [0.5, 0.6) is 0 Å². The molecule has 8 heteroatoms. The largest absolute Gasteiger partial charge is 0.329 e. The molecule has 1 fully saturated rings. The maximum atomic E-state index is 12.4. The minimum atomic E-state index is -3.49. The quantitative estimate of drug-likeness (QED) is 0.809. The van der Waals surface area contributed by atoms with Crippen LogP contribution in [0.4, 0.5) is 0 Å². The summed E-state index contributed by atoms with van der Waals surface area (Å²) in [6.07, 6.45) is 9.19. The number of hydrogen-bond acceptors (Lipinski definition) is 5. The van der Waals surface area contributed by atoms with Crippen molar-refractivity contribution in [3.63, 3.8) is 0 Å². The number of nitrogens with one attached hydrogen (secondary N) is 1. The molecule has 2 unspecified atom stereocenters. The molecule has 0 aromatic carbocycles. The molecule has 1 aromatic rings. The highest BCUT2D eigenvalue weighted by molar-refractivity contribution is 7.99. The van der Waals surface area contributed by atoms with Gasteiger partial charge in [0.2, 0.25) is 10.0 Å². The van der Waals surface area contributed by atoms with E-state index in [1.165, 1.54) is 18.8 Å². The van der Waals surface area contributed by atoms with Gasteiger partial charge in [-0.3, -0.25) is 4.68 Å². The molecule has 6 nitrogen and oxygen atoms in total. The number of nitrogens with zero attached hydrogens (tertiary/aromatic N) is 2. The van der Waals surface area contributed by atoms with Crippen LogP contribution in [-0.4, -0.2) is 42.3 Å². The van der Waals surface area contributed by atoms with E-state index in [4.69, 9.17) is 5.73 Å². The molecule has 0 aliphatic heterocycles. The van der Waals surface area contributed by atoms with Crippen LogP contribution in [0.25, 0.3) is 0 Å². The van der Waals surface area contributed by atoms with Gasteiger partial charge in [-0.1, -0.05) is 12.8 Å². The van der Waals surface area contributed by atoms with Gasteiger partial charge in [0.15, 0.2) is 0 Å². The molecule has 1 heterocycles. The van der Waals surface area contributed by atoms with Gasteiger partial charge in [0.05, 0.1) is 12.7 Å². The van der Waals surface area contributed by atoms with Crippen molar-refractivity contribution in [1.29, 1.82) is 0 Å². The van der Waals surface area contributed by atoms with E-state index in [9.17, 15) is 8.42 Å². The maximum absolute atomic E-state index is 12.4. The van der Waals surface area contributed by atoms with Crippen molar-refractivity contribution in [3.05, 3.63) is 12.4 Å². The van der Waals surface area contributed by atoms with Crippen LogP contribution in [0.2, 0.25) is 0 Å². The lowest BCUT2D eigenvalue weighted by Gasteiger charge is -2.30. The minimum Gasteiger partial charge on any atom is -0.329 e. The summed E-state index contributed by atoms with van der Waals surface area (Å²) in [5.74, 6) is 0. The van der Waals surface area contributed by atoms with E-state index in [1.54, 1.807) is 16.4 Å². The molecule has 0 bridgehead atoms. The lowest BCUT2D eigenvalue weighted by Crippen LogP contribution is -2.43. The molecule has 1 saturated carbocycles. The van der Waals surface area contributed by atoms with Crippen molar-refractivity contribution in [2.75, 3.05) is 12.8 Å². The fraction of sp³-hybridized carbons (Fsp3) is 0.750. The Bertz CT molecular complexity index is 529. The third-order valence-corrected chi connectivity index (χ3v) is 6.20. The number of rotatable bonds is 6. The monoisotopic (exact) mass is 318 g/mol. The Kier molecular flexibility index (Phi) is 5.48. The second kappa shape index (κ2) is 6.93. The smallest absolute Gasteiger partial charge is 0.243 e. The first-order valence-corrected chi connectivity index (χ1v) is 9.61. The second-order valence-corrected chi connectivity index (χ2v) is 7.81. The number of aromatic nitrogens is 2. The molecule has 3 N–H and O–H groups in total. The highest BCUT2D eigenvalue weighted by Crippen LogP contribution is 2.28. The third kappa shape index (κ3) is 3.75. The van der Waals surface area contributed by atoms with Gasteiger partial charge in [-0.2, -0.15) is 16.9 Å². The average Bonchev–Trinajstić information content (AvgIpc) is 2.89. The third-order valence-electron chi connectivity index (χ3n) is 3.59. The zero-order valence-corrected chi connectivity index (χ0v) is 13.3. The standard InChI is InChI=1S/C12H22N4O2S2/c1-19-12-5-3-2-4-11(12)15-20(17,18)10-8-14-16(9-10)7-6-13/h8-9,11-12,15H,2-7,13H2,1H3. The highest BCUT2D eigenvalue weighted by atomic mass is 32.2. The van der Waals surface area contributed by atoms with Crippen LogP contribution in [0, 0.1) is 0 Å². The predicted octanol–water partition coefficient (Wildman–Crippen LogP) is 0.794. The molecular formula is C12H22N4O2S2. The first-order chi connectivity index (χ1) is 9.56. The lowest BCUT2D eigenvalue weighted by atomic mass is 9.96. The van der Waals surface area contributed by atoms with E-state index in [2.05, 4.69) is 9.82 Å². The summed E-state index contributed by atoms with van der Waals surface area (Å²) >= 11 is 1.74. The molecule has 2 atom stereocenters. The van der Waals surface area contributed by atoms with Crippen molar-refractivity contribution in [1.82, 2.24) is 14.5 Å². The van der Waals surface area contributed by atoms with Crippen LogP contribution in [0.15, 0.2) is 17.3 Å². The molecule has 114 valence electrons. The number of hydrogen-bond donors (Lipinski definition) is 2. The first kappa shape index (κ1) is 15.8. The fourth-order valence-electron chi connectivity index (χ4n) is 2.52. The van der Waals surface area contributed by atoms with Gasteiger partial charge in [-0.25, -0.2) is 13.1 Å². The average molecular weight is 318 g/mol. The van der Waals surface area contributed by atoms with Crippen molar-refractivity contribution >= 4 is 21.8 Å². The topological polar surface area (TPSA) is 90.0 Å². The van der Waals surface area contributed by atoms with Gasteiger partial charge in [-0.15, -0.1) is 0 Å². The molecular weight excluding hydrogens is 296 g/mol. The van der Waals surface area contributed by atoms with Crippen LogP contribution < -0.4 is 10.5 Å². The SMILES string of the molecule is CSC1CCCCC1NS(=O)(=O)c1cnn(CCN)c1. The van der Waals surface area contributed by atoms with E-state index in [0.29, 0.717) is 18.3 Å². The fourth-order valence-corrected chi connectivity index (χ4v) is 4.80. The van der Waals surface area contributed by atoms with E-state index in [-0.39, 0.29) is 10.9 Å². The Balaban J connectivity index is 2.09. The van der Waals surface area contributed by atoms with Gasteiger partial charge < -0.3 is 5.73 Å². The Morgan fingerprint density at radius 1 is 1.50 bits per heavy atom. The number of nitrogens with two attached hydrogens (primary N) is 1. The summed E-state index contributed by atoms with van der Waals surface area (Å²) in [6.45, 7) is 0.957. The van der Waals surface area contributed by atoms with E-state index in [0.717, 1.165) is 19.3 Å². The summed E-state index contributed by atoms with van der Waals surface area (Å²) in [6, 6.07) is 0.0154. The summed E-state index contributed by atoms with van der Waals surface area (Å²) < 4.78 is 29.1. The predicted molar refractivity (Wildman–Crippen MR) is 81.2 cm³/mol. The zero-order valence-electron chi connectivity index (χ0n) is 11.7. The minimum absolute atomic E-state index is 0.0154. The van der Waals surface area contributed by atoms with Crippen LogP contribution in [0.3, 0.4) is 0 Å². The molecule has 2 rings (SSSR count). The first-order valence-electron chi connectivity index (χ1n) is 6.84. The zero-order chi connectivity index (χ0) is 14.6. The molecule has 0 amide bonds. The van der Waals surface area contributed by atoms with Gasteiger partial charge >= 0.3 is 0 Å². The van der Waals surface area contributed by atoms with Crippen molar-refractivity contribution in [2.45, 2.75) is 48.4 Å². The lowest BCUT2D eigenvalue weighted by molar-refractivity contribution is 0.423. The molecule has 0 radical (unpaired) electrons. The Hall–Kier alpha value is -0.570. The van der Waals surface area contributed by atoms with Crippen LogP contribution in [-0.2, 0) is 16.6 Å². The number of sulfonamides is 1. The molecule has 20 heavy (non-hydrogen) atoms. The summed E-state index contributed by atoms with van der Waals surface area (Å²) in [7, 11) is -3.49. The van der Waals surface area contributed by atoms with Gasteiger partial charge in [0, 0.05) is 24.0 Å². The summed E-state index contributed by atoms with van der Waals surface area (Å²) in [5, 5.41) is 4.38. The van der Waals surface area contributed by atoms with Crippen molar-refractivity contribution in [2.24, 2.45) is 5.73 Å². The normalized spacial score (nSPS) is 23.9. The highest BCUT2D eigenvalue weighted by Gasteiger charge is 2.29. The van der Waals surface area contributed by atoms with Crippen molar-refractivity contribution < 1.29 is 8.42 Å². The maximum Gasteiger partial charge on any atom is 0.243 e. The Morgan fingerprint density at radius 2 is 2.25 bits per heavy atom. The van der Waals surface area contributed by atoms with E-state index in [1.807, 2.05) is 6.26 Å². The van der Waals surface area contributed by atoms with Gasteiger partial charge in [-0.05, 0) is 19.1 Å². The summed E-state index contributed by atoms with van der Waals surface area (Å²) in [5.41, 5.74) is 5.44. The van der Waals surface area contributed by atoms with E-state index < -0.39 is 10.0 Å². The number of thioether (sulfide) groups is 1. The van der Waals surface area contributed by atoms with E-state index >= 15 is 0 Å². The van der Waals surface area contributed by atoms with Gasteiger partial charge in [0.1, 0.15) is 4.90 Å². The Labute approximate surface area is 124 Å². The van der Waals surface area contributed by atoms with Crippen LogP contribution >= 0.6 is 11.8 Å². The summed E-state index contributed by atoms with van der Waals surface area (Å²) in [4.78, 5) is 0.219. The Morgan fingerprint density at radius 3 is 2.95 bits per heavy atom.